The lowest BCUT2D eigenvalue weighted by atomic mass is 10.2. The zero-order valence-corrected chi connectivity index (χ0v) is 18.6. The molecule has 0 aliphatic rings. The highest BCUT2D eigenvalue weighted by atomic mass is 28.4. The van der Waals surface area contributed by atoms with Crippen molar-refractivity contribution in [1.82, 2.24) is 4.57 Å². The fourth-order valence-electron chi connectivity index (χ4n) is 3.71. The van der Waals surface area contributed by atoms with Gasteiger partial charge in [-0.15, -0.1) is 0 Å². The van der Waals surface area contributed by atoms with Gasteiger partial charge in [0, 0.05) is 25.9 Å². The van der Waals surface area contributed by atoms with E-state index in [1.165, 1.54) is 23.7 Å². The van der Waals surface area contributed by atoms with Gasteiger partial charge in [-0.2, -0.15) is 0 Å². The predicted molar refractivity (Wildman–Crippen MR) is 109 cm³/mol. The quantitative estimate of drug-likeness (QED) is 0.475. The number of hydrogen-bond acceptors (Lipinski definition) is 3. The highest BCUT2D eigenvalue weighted by Crippen LogP contribution is 2.28. The van der Waals surface area contributed by atoms with Gasteiger partial charge in [0.05, 0.1) is 0 Å². The first-order valence-electron chi connectivity index (χ1n) is 9.56. The number of hydrogen-bond donors (Lipinski definition) is 0. The molecule has 0 bridgehead atoms. The average Bonchev–Trinajstić information content (AvgIpc) is 2.58. The molecule has 0 spiro atoms. The molecular weight excluding hydrogens is 330 g/mol. The van der Waals surface area contributed by atoms with E-state index in [-0.39, 0.29) is 0 Å². The van der Waals surface area contributed by atoms with E-state index < -0.39 is 16.8 Å². The van der Waals surface area contributed by atoms with Crippen LogP contribution in [0.1, 0.15) is 40.2 Å². The maximum atomic E-state index is 6.16. The maximum absolute atomic E-state index is 6.16. The van der Waals surface area contributed by atoms with E-state index in [0.717, 1.165) is 25.9 Å². The van der Waals surface area contributed by atoms with Crippen molar-refractivity contribution in [2.75, 3.05) is 19.4 Å². The predicted octanol–water partition coefficient (Wildman–Crippen LogP) is 5.18. The lowest BCUT2D eigenvalue weighted by molar-refractivity contribution is 0.177. The molecule has 0 aliphatic heterocycles. The minimum absolute atomic E-state index is 0.737. The van der Waals surface area contributed by atoms with E-state index in [1.54, 1.807) is 0 Å². The molecule has 0 fully saturated rings. The normalized spacial score (nSPS) is 12.8. The summed E-state index contributed by atoms with van der Waals surface area (Å²) in [4.78, 5) is 0. The molecule has 0 saturated carbocycles. The summed E-state index contributed by atoms with van der Waals surface area (Å²) in [5, 5.41) is 0. The summed E-state index contributed by atoms with van der Waals surface area (Å²) >= 11 is 0. The van der Waals surface area contributed by atoms with Crippen molar-refractivity contribution in [1.29, 1.82) is 0 Å². The lowest BCUT2D eigenvalue weighted by Crippen LogP contribution is -2.60. The fourth-order valence-corrected chi connectivity index (χ4v) is 11.6. The molecule has 0 atom stereocenters. The lowest BCUT2D eigenvalue weighted by Gasteiger charge is -2.44. The number of rotatable bonds is 12. The van der Waals surface area contributed by atoms with Crippen LogP contribution in [0.2, 0.25) is 24.7 Å². The van der Waals surface area contributed by atoms with Crippen LogP contribution in [0.15, 0.2) is 30.3 Å². The second kappa shape index (κ2) is 10.5. The molecule has 0 unspecified atom stereocenters. The molecule has 1 rings (SSSR count). The third-order valence-electron chi connectivity index (χ3n) is 5.24. The Morgan fingerprint density at radius 2 is 1.33 bits per heavy atom. The molecule has 138 valence electrons. The molecule has 5 heteroatoms. The minimum Gasteiger partial charge on any atom is -0.394 e. The Labute approximate surface area is 151 Å². The average molecular weight is 368 g/mol. The smallest absolute Gasteiger partial charge is 0.348 e. The van der Waals surface area contributed by atoms with Gasteiger partial charge in [-0.1, -0.05) is 51.1 Å². The van der Waals surface area contributed by atoms with Crippen LogP contribution < -0.4 is 0 Å². The first-order valence-corrected chi connectivity index (χ1v) is 14.6. The van der Waals surface area contributed by atoms with Crippen LogP contribution in [0.4, 0.5) is 0 Å². The minimum atomic E-state index is -2.16. The van der Waals surface area contributed by atoms with Crippen molar-refractivity contribution in [3.8, 4) is 0 Å². The van der Waals surface area contributed by atoms with Crippen LogP contribution in [0.5, 0.6) is 0 Å². The van der Waals surface area contributed by atoms with Gasteiger partial charge in [-0.05, 0) is 44.1 Å². The molecule has 1 aromatic rings. The van der Waals surface area contributed by atoms with E-state index in [2.05, 4.69) is 76.1 Å². The van der Waals surface area contributed by atoms with Gasteiger partial charge >= 0.3 is 8.56 Å². The van der Waals surface area contributed by atoms with Gasteiger partial charge in [0.1, 0.15) is 8.24 Å². The van der Waals surface area contributed by atoms with Crippen LogP contribution in [-0.2, 0) is 15.4 Å². The van der Waals surface area contributed by atoms with E-state index >= 15 is 0 Å². The summed E-state index contributed by atoms with van der Waals surface area (Å²) in [7, 11) is -3.65. The number of benzene rings is 1. The van der Waals surface area contributed by atoms with Crippen molar-refractivity contribution >= 4 is 16.8 Å². The molecule has 0 saturated heterocycles. The monoisotopic (exact) mass is 367 g/mol. The Morgan fingerprint density at radius 1 is 0.833 bits per heavy atom. The summed E-state index contributed by atoms with van der Waals surface area (Å²) in [5.74, 6) is 0. The van der Waals surface area contributed by atoms with Gasteiger partial charge in [0.2, 0.25) is 0 Å². The van der Waals surface area contributed by atoms with E-state index in [4.69, 9.17) is 8.85 Å². The second-order valence-electron chi connectivity index (χ2n) is 6.63. The zero-order chi connectivity index (χ0) is 18.1. The van der Waals surface area contributed by atoms with Crippen molar-refractivity contribution in [2.45, 2.75) is 65.8 Å². The Balaban J connectivity index is 3.11. The molecule has 0 aromatic heterocycles. The summed E-state index contributed by atoms with van der Waals surface area (Å²) in [6, 6.07) is 14.7. The Bertz CT molecular complexity index is 438. The maximum Gasteiger partial charge on any atom is 0.348 e. The summed E-state index contributed by atoms with van der Waals surface area (Å²) in [5.41, 5.74) is 1.40. The Kier molecular flexibility index (Phi) is 9.45. The largest absolute Gasteiger partial charge is 0.394 e. The summed E-state index contributed by atoms with van der Waals surface area (Å²) in [6.45, 7) is 16.0. The molecule has 0 heterocycles. The van der Waals surface area contributed by atoms with Gasteiger partial charge in [-0.3, -0.25) is 0 Å². The third kappa shape index (κ3) is 5.81. The third-order valence-corrected chi connectivity index (χ3v) is 13.9. The number of nitrogens with zero attached hydrogens (tertiary/aromatic N) is 1. The zero-order valence-electron chi connectivity index (χ0n) is 16.6. The first-order chi connectivity index (χ1) is 11.5. The van der Waals surface area contributed by atoms with E-state index in [9.17, 15) is 0 Å². The SMILES string of the molecule is CCO[Si](C)(CN(Cc1ccccc1)[Si](CC)(CC)CC)OCC. The standard InChI is InChI=1S/C19H37NO2Si2/c1-7-21-23(6,22-8-2)18-20(24(9-3,10-4)11-5)17-19-15-13-12-14-16-19/h12-16H,7-11,17-18H2,1-6H3. The van der Waals surface area contributed by atoms with Crippen LogP contribution in [0, 0.1) is 0 Å². The Hall–Kier alpha value is -0.466. The molecule has 0 radical (unpaired) electrons. The fraction of sp³-hybridized carbons (Fsp3) is 0.684. The Morgan fingerprint density at radius 3 is 1.75 bits per heavy atom. The van der Waals surface area contributed by atoms with Gasteiger partial charge in [0.25, 0.3) is 0 Å². The topological polar surface area (TPSA) is 21.7 Å². The van der Waals surface area contributed by atoms with E-state index in [0.29, 0.717) is 0 Å². The van der Waals surface area contributed by atoms with Crippen molar-refractivity contribution in [2.24, 2.45) is 0 Å². The van der Waals surface area contributed by atoms with Gasteiger partial charge < -0.3 is 13.4 Å². The van der Waals surface area contributed by atoms with Crippen molar-refractivity contribution in [3.05, 3.63) is 35.9 Å². The van der Waals surface area contributed by atoms with Crippen LogP contribution in [-0.4, -0.2) is 40.7 Å². The van der Waals surface area contributed by atoms with Crippen LogP contribution in [0.3, 0.4) is 0 Å². The molecule has 1 aromatic carbocycles. The van der Waals surface area contributed by atoms with Crippen LogP contribution >= 0.6 is 0 Å². The second-order valence-corrected chi connectivity index (χ2v) is 15.0. The summed E-state index contributed by atoms with van der Waals surface area (Å²) < 4.78 is 15.1. The molecule has 0 aliphatic carbocycles. The van der Waals surface area contributed by atoms with Crippen molar-refractivity contribution in [3.63, 3.8) is 0 Å². The highest BCUT2D eigenvalue weighted by molar-refractivity contribution is 6.78. The van der Waals surface area contributed by atoms with Gasteiger partial charge in [-0.25, -0.2) is 0 Å². The molecule has 0 N–H and O–H groups in total. The van der Waals surface area contributed by atoms with Crippen molar-refractivity contribution < 1.29 is 8.85 Å². The first kappa shape index (κ1) is 21.6. The molecule has 0 amide bonds. The molecule has 3 nitrogen and oxygen atoms in total. The van der Waals surface area contributed by atoms with Crippen LogP contribution in [0.25, 0.3) is 0 Å². The highest BCUT2D eigenvalue weighted by Gasteiger charge is 2.41. The van der Waals surface area contributed by atoms with E-state index in [1.807, 2.05) is 0 Å². The molecular formula is C19H37NO2Si2. The summed E-state index contributed by atoms with van der Waals surface area (Å²) in [6.07, 6.45) is 0.977. The molecule has 24 heavy (non-hydrogen) atoms. The van der Waals surface area contributed by atoms with Gasteiger partial charge in [0.15, 0.2) is 0 Å².